The van der Waals surface area contributed by atoms with Crippen molar-refractivity contribution in [2.24, 2.45) is 0 Å². The van der Waals surface area contributed by atoms with E-state index in [1.54, 1.807) is 54.6 Å². The molecule has 2 N–H and O–H groups in total. The molecule has 34 heavy (non-hydrogen) atoms. The lowest BCUT2D eigenvalue weighted by Gasteiger charge is -2.18. The Morgan fingerprint density at radius 1 is 0.676 bits per heavy atom. The van der Waals surface area contributed by atoms with Gasteiger partial charge >= 0.3 is 0 Å². The summed E-state index contributed by atoms with van der Waals surface area (Å²) in [5.41, 5.74) is 1.40. The number of para-hydroxylation sites is 3. The Balaban J connectivity index is 1.99. The van der Waals surface area contributed by atoms with Gasteiger partial charge in [-0.05, 0) is 36.8 Å². The van der Waals surface area contributed by atoms with Gasteiger partial charge < -0.3 is 29.6 Å². The summed E-state index contributed by atoms with van der Waals surface area (Å²) in [5.74, 6) is 0.793. The first-order chi connectivity index (χ1) is 16.5. The lowest BCUT2D eigenvalue weighted by molar-refractivity contribution is 0.101. The molecule has 0 radical (unpaired) electrons. The van der Waals surface area contributed by atoms with Crippen LogP contribution in [0.4, 0.5) is 11.4 Å². The molecule has 3 aromatic rings. The molecule has 0 bridgehead atoms. The normalized spacial score (nSPS) is 10.2. The smallest absolute Gasteiger partial charge is 0.259 e. The highest BCUT2D eigenvalue weighted by atomic mass is 16.5. The minimum atomic E-state index is -0.434. The number of carbonyl (C=O) groups excluding carboxylic acids is 2. The Hall–Kier alpha value is -4.20. The lowest BCUT2D eigenvalue weighted by Crippen LogP contribution is -2.17. The second-order valence-corrected chi connectivity index (χ2v) is 7.21. The van der Waals surface area contributed by atoms with Crippen LogP contribution < -0.4 is 29.6 Å². The van der Waals surface area contributed by atoms with Crippen LogP contribution in [0.15, 0.2) is 60.7 Å². The monoisotopic (exact) mass is 464 g/mol. The highest BCUT2D eigenvalue weighted by Crippen LogP contribution is 2.35. The van der Waals surface area contributed by atoms with E-state index in [2.05, 4.69) is 10.6 Å². The van der Waals surface area contributed by atoms with Crippen molar-refractivity contribution < 1.29 is 28.5 Å². The minimum absolute atomic E-state index is 0.215. The van der Waals surface area contributed by atoms with Crippen LogP contribution >= 0.6 is 0 Å². The number of carbonyl (C=O) groups is 2. The largest absolute Gasteiger partial charge is 0.496 e. The number of rotatable bonds is 10. The summed E-state index contributed by atoms with van der Waals surface area (Å²) >= 11 is 0. The first-order valence-electron chi connectivity index (χ1n) is 10.8. The summed E-state index contributed by atoms with van der Waals surface area (Å²) in [6, 6.07) is 17.1. The predicted octanol–water partition coefficient (Wildman–Crippen LogP) is 5.01. The zero-order valence-corrected chi connectivity index (χ0v) is 19.6. The summed E-state index contributed by atoms with van der Waals surface area (Å²) < 4.78 is 21.9. The van der Waals surface area contributed by atoms with Crippen LogP contribution in [0.25, 0.3) is 0 Å². The van der Waals surface area contributed by atoms with Gasteiger partial charge in [-0.2, -0.15) is 0 Å². The van der Waals surface area contributed by atoms with Crippen molar-refractivity contribution in [3.63, 3.8) is 0 Å². The number of methoxy groups -OCH3 is 3. The lowest BCUT2D eigenvalue weighted by atomic mass is 10.1. The zero-order chi connectivity index (χ0) is 24.5. The Kier molecular flexibility index (Phi) is 8.34. The summed E-state index contributed by atoms with van der Waals surface area (Å²) in [6.45, 7) is 2.40. The molecule has 0 fully saturated rings. The molecule has 0 saturated carbocycles. The van der Waals surface area contributed by atoms with Crippen molar-refractivity contribution in [2.45, 2.75) is 13.3 Å². The van der Waals surface area contributed by atoms with E-state index in [4.69, 9.17) is 18.9 Å². The minimum Gasteiger partial charge on any atom is -0.496 e. The molecular formula is C26H28N2O6. The van der Waals surface area contributed by atoms with Crippen LogP contribution in [0.3, 0.4) is 0 Å². The van der Waals surface area contributed by atoms with Crippen molar-refractivity contribution >= 4 is 23.2 Å². The fraction of sp³-hybridized carbons (Fsp3) is 0.231. The van der Waals surface area contributed by atoms with Crippen molar-refractivity contribution in [2.75, 3.05) is 38.6 Å². The predicted molar refractivity (Wildman–Crippen MR) is 131 cm³/mol. The number of ether oxygens (including phenoxy) is 4. The molecule has 0 aliphatic carbocycles. The molecule has 8 nitrogen and oxygen atoms in total. The fourth-order valence-corrected chi connectivity index (χ4v) is 3.30. The zero-order valence-electron chi connectivity index (χ0n) is 19.6. The molecule has 178 valence electrons. The van der Waals surface area contributed by atoms with E-state index in [1.807, 2.05) is 6.92 Å². The van der Waals surface area contributed by atoms with Gasteiger partial charge in [0.25, 0.3) is 11.8 Å². The van der Waals surface area contributed by atoms with E-state index in [0.717, 1.165) is 6.42 Å². The number of hydrogen-bond acceptors (Lipinski definition) is 6. The topological polar surface area (TPSA) is 95.1 Å². The second-order valence-electron chi connectivity index (χ2n) is 7.21. The van der Waals surface area contributed by atoms with Gasteiger partial charge in [0.05, 0.1) is 50.4 Å². The third kappa shape index (κ3) is 5.58. The van der Waals surface area contributed by atoms with Crippen LogP contribution in [-0.2, 0) is 0 Å². The van der Waals surface area contributed by atoms with Gasteiger partial charge in [-0.1, -0.05) is 31.2 Å². The van der Waals surface area contributed by atoms with E-state index < -0.39 is 11.8 Å². The molecule has 8 heteroatoms. The van der Waals surface area contributed by atoms with E-state index >= 15 is 0 Å². The standard InChI is InChI=1S/C26H28N2O6/c1-5-14-34-24-16-23(33-4)18(26(30)27-19-11-7-9-13-22(19)32-3)15-20(24)28-25(29)17-10-6-8-12-21(17)31-2/h6-13,15-16H,5,14H2,1-4H3,(H,27,30)(H,28,29). The summed E-state index contributed by atoms with van der Waals surface area (Å²) in [4.78, 5) is 26.2. The molecule has 0 aliphatic heterocycles. The molecule has 3 aromatic carbocycles. The maximum atomic E-state index is 13.2. The third-order valence-electron chi connectivity index (χ3n) is 4.96. The Labute approximate surface area is 198 Å². The van der Waals surface area contributed by atoms with Gasteiger partial charge in [-0.3, -0.25) is 9.59 Å². The van der Waals surface area contributed by atoms with Gasteiger partial charge in [0.15, 0.2) is 0 Å². The van der Waals surface area contributed by atoms with Gasteiger partial charge in [-0.15, -0.1) is 0 Å². The summed E-state index contributed by atoms with van der Waals surface area (Å²) in [6.07, 6.45) is 0.762. The summed E-state index contributed by atoms with van der Waals surface area (Å²) in [5, 5.41) is 5.67. The summed E-state index contributed by atoms with van der Waals surface area (Å²) in [7, 11) is 4.48. The molecule has 2 amide bonds. The van der Waals surface area contributed by atoms with Crippen molar-refractivity contribution in [3.8, 4) is 23.0 Å². The van der Waals surface area contributed by atoms with E-state index in [1.165, 1.54) is 27.4 Å². The van der Waals surface area contributed by atoms with Crippen LogP contribution in [0.1, 0.15) is 34.1 Å². The molecule has 0 atom stereocenters. The van der Waals surface area contributed by atoms with Gasteiger partial charge in [-0.25, -0.2) is 0 Å². The van der Waals surface area contributed by atoms with Crippen LogP contribution in [-0.4, -0.2) is 39.8 Å². The van der Waals surface area contributed by atoms with Crippen molar-refractivity contribution in [3.05, 3.63) is 71.8 Å². The first-order valence-corrected chi connectivity index (χ1v) is 10.8. The van der Waals surface area contributed by atoms with Crippen LogP contribution in [0.2, 0.25) is 0 Å². The Bertz CT molecular complexity index is 1160. The number of benzene rings is 3. The molecule has 0 unspecified atom stereocenters. The van der Waals surface area contributed by atoms with Crippen LogP contribution in [0.5, 0.6) is 23.0 Å². The number of nitrogens with one attached hydrogen (secondary N) is 2. The second kappa shape index (κ2) is 11.6. The van der Waals surface area contributed by atoms with Gasteiger partial charge in [0.2, 0.25) is 0 Å². The molecule has 0 aliphatic rings. The molecular weight excluding hydrogens is 436 g/mol. The number of hydrogen-bond donors (Lipinski definition) is 2. The van der Waals surface area contributed by atoms with Crippen molar-refractivity contribution in [1.29, 1.82) is 0 Å². The Morgan fingerprint density at radius 2 is 1.26 bits per heavy atom. The highest BCUT2D eigenvalue weighted by molar-refractivity contribution is 6.10. The number of amides is 2. The maximum Gasteiger partial charge on any atom is 0.259 e. The highest BCUT2D eigenvalue weighted by Gasteiger charge is 2.21. The van der Waals surface area contributed by atoms with Gasteiger partial charge in [0.1, 0.15) is 23.0 Å². The Morgan fingerprint density at radius 3 is 1.94 bits per heavy atom. The number of anilines is 2. The van der Waals surface area contributed by atoms with Crippen molar-refractivity contribution in [1.82, 2.24) is 0 Å². The van der Waals surface area contributed by atoms with E-state index in [9.17, 15) is 9.59 Å². The molecule has 0 saturated heterocycles. The van der Waals surface area contributed by atoms with E-state index in [0.29, 0.717) is 46.5 Å². The van der Waals surface area contributed by atoms with E-state index in [-0.39, 0.29) is 5.56 Å². The average molecular weight is 465 g/mol. The fourth-order valence-electron chi connectivity index (χ4n) is 3.30. The average Bonchev–Trinajstić information content (AvgIpc) is 2.87. The van der Waals surface area contributed by atoms with Crippen LogP contribution in [0, 0.1) is 0 Å². The first kappa shape index (κ1) is 24.4. The quantitative estimate of drug-likeness (QED) is 0.438. The molecule has 3 rings (SSSR count). The SMILES string of the molecule is CCCOc1cc(OC)c(C(=O)Nc2ccccc2OC)cc1NC(=O)c1ccccc1OC. The van der Waals surface area contributed by atoms with Gasteiger partial charge in [0, 0.05) is 6.07 Å². The molecule has 0 heterocycles. The maximum absolute atomic E-state index is 13.2. The molecule has 0 aromatic heterocycles. The molecule has 0 spiro atoms. The third-order valence-corrected chi connectivity index (χ3v) is 4.96.